The zero-order valence-corrected chi connectivity index (χ0v) is 8.42. The summed E-state index contributed by atoms with van der Waals surface area (Å²) in [7, 11) is 0. The lowest BCUT2D eigenvalue weighted by atomic mass is 10.5. The molecule has 0 atom stereocenters. The lowest BCUT2D eigenvalue weighted by Gasteiger charge is -1.84. The van der Waals surface area contributed by atoms with Crippen LogP contribution in [0.4, 0.5) is 0 Å². The Morgan fingerprint density at radius 1 is 1.42 bits per heavy atom. The van der Waals surface area contributed by atoms with Gasteiger partial charge in [-0.3, -0.25) is 0 Å². The van der Waals surface area contributed by atoms with Crippen LogP contribution in [0.15, 0.2) is 17.0 Å². The second-order valence-electron chi connectivity index (χ2n) is 2.10. The van der Waals surface area contributed by atoms with Crippen LogP contribution in [0.5, 0.6) is 0 Å². The van der Waals surface area contributed by atoms with Gasteiger partial charge < -0.3 is 0 Å². The second kappa shape index (κ2) is 3.51. The molecule has 12 heavy (non-hydrogen) atoms. The lowest BCUT2D eigenvalue weighted by Crippen LogP contribution is -1.77. The Labute approximate surface area is 82.9 Å². The topological polar surface area (TPSA) is 25.8 Å². The average Bonchev–Trinajstić information content (AvgIpc) is 2.75. The van der Waals surface area contributed by atoms with E-state index in [2.05, 4.69) is 9.97 Å². The predicted octanol–water partition coefficient (Wildman–Crippen LogP) is 3.01. The molecule has 2 aromatic heterocycles. The zero-order chi connectivity index (χ0) is 8.39. The molecule has 0 fully saturated rings. The maximum absolute atomic E-state index is 5.63. The molecular weight excluding hydrogens is 212 g/mol. The summed E-state index contributed by atoms with van der Waals surface area (Å²) in [6.45, 7) is 0. The summed E-state index contributed by atoms with van der Waals surface area (Å²) in [4.78, 5) is 8.46. The molecule has 0 saturated carbocycles. The minimum atomic E-state index is 0.482. The highest BCUT2D eigenvalue weighted by Gasteiger charge is 2.04. The van der Waals surface area contributed by atoms with Crippen molar-refractivity contribution < 1.29 is 0 Å². The minimum Gasteiger partial charge on any atom is -0.243 e. The van der Waals surface area contributed by atoms with E-state index in [1.54, 1.807) is 28.9 Å². The number of hydrogen-bond donors (Lipinski definition) is 0. The number of nitrogens with zero attached hydrogens (tertiary/aromatic N) is 2. The van der Waals surface area contributed by atoms with Gasteiger partial charge in [-0.1, -0.05) is 0 Å². The Bertz CT molecular complexity index is 355. The van der Waals surface area contributed by atoms with Crippen LogP contribution in [0.25, 0.3) is 10.7 Å². The van der Waals surface area contributed by atoms with E-state index < -0.39 is 0 Å². The quantitative estimate of drug-likeness (QED) is 0.722. The highest BCUT2D eigenvalue weighted by molar-refractivity contribution is 7.14. The first-order chi connectivity index (χ1) is 5.90. The molecule has 0 aliphatic carbocycles. The van der Waals surface area contributed by atoms with Crippen molar-refractivity contribution in [1.29, 1.82) is 0 Å². The van der Waals surface area contributed by atoms with Gasteiger partial charge >= 0.3 is 0 Å². The predicted molar refractivity (Wildman–Crippen MR) is 52.8 cm³/mol. The number of alkyl halides is 1. The van der Waals surface area contributed by atoms with Crippen LogP contribution in [0.2, 0.25) is 0 Å². The van der Waals surface area contributed by atoms with Crippen LogP contribution in [-0.2, 0) is 5.88 Å². The van der Waals surface area contributed by atoms with Gasteiger partial charge in [0.2, 0.25) is 0 Å². The van der Waals surface area contributed by atoms with Gasteiger partial charge in [-0.25, -0.2) is 9.97 Å². The van der Waals surface area contributed by atoms with E-state index in [9.17, 15) is 0 Å². The fourth-order valence-electron chi connectivity index (χ4n) is 0.820. The molecule has 0 aliphatic rings. The van der Waals surface area contributed by atoms with Gasteiger partial charge in [0.05, 0.1) is 5.88 Å². The van der Waals surface area contributed by atoms with Crippen LogP contribution < -0.4 is 0 Å². The average molecular weight is 217 g/mol. The normalized spacial score (nSPS) is 10.4. The molecule has 62 valence electrons. The Kier molecular flexibility index (Phi) is 2.39. The first-order valence-electron chi connectivity index (χ1n) is 3.30. The van der Waals surface area contributed by atoms with Crippen molar-refractivity contribution in [3.05, 3.63) is 22.0 Å². The minimum absolute atomic E-state index is 0.482. The maximum atomic E-state index is 5.63. The van der Waals surface area contributed by atoms with E-state index >= 15 is 0 Å². The van der Waals surface area contributed by atoms with Crippen LogP contribution >= 0.6 is 34.3 Å². The number of hydrogen-bond acceptors (Lipinski definition) is 4. The number of rotatable bonds is 2. The molecule has 2 heterocycles. The SMILES string of the molecule is ClCc1nc(-c2nccs2)cs1. The molecular formula is C7H5ClN2S2. The largest absolute Gasteiger partial charge is 0.243 e. The smallest absolute Gasteiger partial charge is 0.142 e. The first-order valence-corrected chi connectivity index (χ1v) is 5.60. The monoisotopic (exact) mass is 216 g/mol. The second-order valence-corrected chi connectivity index (χ2v) is 4.20. The van der Waals surface area contributed by atoms with Crippen LogP contribution in [0.1, 0.15) is 5.01 Å². The van der Waals surface area contributed by atoms with E-state index in [-0.39, 0.29) is 0 Å². The number of aromatic nitrogens is 2. The van der Waals surface area contributed by atoms with Crippen molar-refractivity contribution >= 4 is 34.3 Å². The van der Waals surface area contributed by atoms with Crippen LogP contribution in [0, 0.1) is 0 Å². The Balaban J connectivity index is 2.35. The molecule has 0 amide bonds. The fourth-order valence-corrected chi connectivity index (χ4v) is 2.37. The standard InChI is InChI=1S/C7H5ClN2S2/c8-3-6-10-5(4-12-6)7-9-1-2-11-7/h1-2,4H,3H2. The van der Waals surface area contributed by atoms with Crippen molar-refractivity contribution in [2.24, 2.45) is 0 Å². The summed E-state index contributed by atoms with van der Waals surface area (Å²) >= 11 is 8.79. The molecule has 0 saturated heterocycles. The van der Waals surface area contributed by atoms with E-state index in [0.717, 1.165) is 15.7 Å². The van der Waals surface area contributed by atoms with Crippen molar-refractivity contribution in [3.8, 4) is 10.7 Å². The van der Waals surface area contributed by atoms with E-state index in [1.807, 2.05) is 10.8 Å². The van der Waals surface area contributed by atoms with Gasteiger partial charge in [0.25, 0.3) is 0 Å². The summed E-state index contributed by atoms with van der Waals surface area (Å²) in [6, 6.07) is 0. The third-order valence-electron chi connectivity index (χ3n) is 1.32. The highest BCUT2D eigenvalue weighted by Crippen LogP contribution is 2.23. The van der Waals surface area contributed by atoms with Gasteiger partial charge in [-0.05, 0) is 0 Å². The molecule has 0 radical (unpaired) electrons. The fraction of sp³-hybridized carbons (Fsp3) is 0.143. The van der Waals surface area contributed by atoms with E-state index in [1.165, 1.54) is 0 Å². The summed E-state index contributed by atoms with van der Waals surface area (Å²) in [5.74, 6) is 0.482. The zero-order valence-electron chi connectivity index (χ0n) is 6.03. The maximum Gasteiger partial charge on any atom is 0.142 e. The molecule has 0 spiro atoms. The van der Waals surface area contributed by atoms with Crippen LogP contribution in [0.3, 0.4) is 0 Å². The van der Waals surface area contributed by atoms with Gasteiger partial charge in [0, 0.05) is 17.0 Å². The Hall–Kier alpha value is -0.450. The summed E-state index contributed by atoms with van der Waals surface area (Å²) in [6.07, 6.45) is 1.78. The summed E-state index contributed by atoms with van der Waals surface area (Å²) < 4.78 is 0. The highest BCUT2D eigenvalue weighted by atomic mass is 35.5. The molecule has 0 N–H and O–H groups in total. The van der Waals surface area contributed by atoms with Gasteiger partial charge in [-0.15, -0.1) is 34.3 Å². The third-order valence-corrected chi connectivity index (χ3v) is 3.37. The molecule has 5 heteroatoms. The molecule has 0 unspecified atom stereocenters. The van der Waals surface area contributed by atoms with Crippen molar-refractivity contribution in [2.75, 3.05) is 0 Å². The van der Waals surface area contributed by atoms with E-state index in [0.29, 0.717) is 5.88 Å². The van der Waals surface area contributed by atoms with Crippen molar-refractivity contribution in [2.45, 2.75) is 5.88 Å². The molecule has 2 rings (SSSR count). The summed E-state index contributed by atoms with van der Waals surface area (Å²) in [5.41, 5.74) is 0.936. The van der Waals surface area contributed by atoms with Crippen LogP contribution in [-0.4, -0.2) is 9.97 Å². The number of thiazole rings is 2. The van der Waals surface area contributed by atoms with Gasteiger partial charge in [0.1, 0.15) is 15.7 Å². The van der Waals surface area contributed by atoms with Gasteiger partial charge in [-0.2, -0.15) is 0 Å². The molecule has 2 nitrogen and oxygen atoms in total. The van der Waals surface area contributed by atoms with E-state index in [4.69, 9.17) is 11.6 Å². The molecule has 0 aliphatic heterocycles. The summed E-state index contributed by atoms with van der Waals surface area (Å²) in [5, 5.41) is 5.83. The van der Waals surface area contributed by atoms with Crippen molar-refractivity contribution in [3.63, 3.8) is 0 Å². The molecule has 0 bridgehead atoms. The lowest BCUT2D eigenvalue weighted by molar-refractivity contribution is 1.25. The first kappa shape index (κ1) is 8.16. The Morgan fingerprint density at radius 3 is 2.92 bits per heavy atom. The Morgan fingerprint density at radius 2 is 2.33 bits per heavy atom. The molecule has 0 aromatic carbocycles. The van der Waals surface area contributed by atoms with Crippen molar-refractivity contribution in [1.82, 2.24) is 9.97 Å². The number of halogens is 1. The van der Waals surface area contributed by atoms with Gasteiger partial charge in [0.15, 0.2) is 0 Å². The third kappa shape index (κ3) is 1.50. The molecule has 2 aromatic rings.